The number of rotatable bonds is 3. The molecule has 0 atom stereocenters. The molecule has 0 saturated carbocycles. The van der Waals surface area contributed by atoms with E-state index in [0.717, 1.165) is 18.6 Å². The molecule has 2 nitrogen and oxygen atoms in total. The maximum Gasteiger partial charge on any atom is 0.416 e. The third-order valence-electron chi connectivity index (χ3n) is 2.03. The zero-order valence-corrected chi connectivity index (χ0v) is 8.73. The lowest BCUT2D eigenvalue weighted by atomic mass is 10.1. The highest BCUT2D eigenvalue weighted by Gasteiger charge is 2.30. The van der Waals surface area contributed by atoms with Gasteiger partial charge in [0.25, 0.3) is 0 Å². The molecule has 0 unspecified atom stereocenters. The van der Waals surface area contributed by atoms with Gasteiger partial charge in [0.1, 0.15) is 6.07 Å². The van der Waals surface area contributed by atoms with Crippen LogP contribution in [0.4, 0.5) is 18.9 Å². The summed E-state index contributed by atoms with van der Waals surface area (Å²) in [6.07, 6.45) is -3.57. The Kier molecular flexibility index (Phi) is 3.78. The largest absolute Gasteiger partial charge is 0.416 e. The monoisotopic (exact) mass is 228 g/mol. The van der Waals surface area contributed by atoms with Crippen molar-refractivity contribution in [1.29, 1.82) is 5.26 Å². The molecule has 16 heavy (non-hydrogen) atoms. The maximum absolute atomic E-state index is 12.4. The highest BCUT2D eigenvalue weighted by molar-refractivity contribution is 5.58. The molecule has 0 amide bonds. The number of nitriles is 1. The third-order valence-corrected chi connectivity index (χ3v) is 2.03. The van der Waals surface area contributed by atoms with Crippen LogP contribution in [0.25, 0.3) is 0 Å². The van der Waals surface area contributed by atoms with Crippen LogP contribution in [0.2, 0.25) is 0 Å². The quantitative estimate of drug-likeness (QED) is 0.860. The summed E-state index contributed by atoms with van der Waals surface area (Å²) in [5.74, 6) is 0. The second kappa shape index (κ2) is 4.88. The van der Waals surface area contributed by atoms with Crippen LogP contribution in [-0.2, 0) is 6.18 Å². The van der Waals surface area contributed by atoms with E-state index in [-0.39, 0.29) is 5.56 Å². The van der Waals surface area contributed by atoms with E-state index >= 15 is 0 Å². The van der Waals surface area contributed by atoms with Crippen molar-refractivity contribution in [1.82, 2.24) is 0 Å². The SMILES string of the molecule is CCCNc1ccc(C(F)(F)F)cc1C#N. The second-order valence-corrected chi connectivity index (χ2v) is 3.30. The number of anilines is 1. The van der Waals surface area contributed by atoms with E-state index in [2.05, 4.69) is 5.32 Å². The normalized spacial score (nSPS) is 10.9. The van der Waals surface area contributed by atoms with Crippen LogP contribution >= 0.6 is 0 Å². The van der Waals surface area contributed by atoms with Crippen molar-refractivity contribution in [2.24, 2.45) is 0 Å². The number of benzene rings is 1. The molecule has 1 aromatic rings. The Morgan fingerprint density at radius 3 is 2.56 bits per heavy atom. The standard InChI is InChI=1S/C11H11F3N2/c1-2-5-16-10-4-3-9(11(12,13)14)6-8(10)7-15/h3-4,6,16H,2,5H2,1H3. The molecule has 86 valence electrons. The lowest BCUT2D eigenvalue weighted by Crippen LogP contribution is -2.07. The lowest BCUT2D eigenvalue weighted by molar-refractivity contribution is -0.137. The van der Waals surface area contributed by atoms with Crippen molar-refractivity contribution in [3.63, 3.8) is 0 Å². The summed E-state index contributed by atoms with van der Waals surface area (Å²) in [5, 5.41) is 11.7. The Labute approximate surface area is 91.7 Å². The van der Waals surface area contributed by atoms with Crippen molar-refractivity contribution >= 4 is 5.69 Å². The van der Waals surface area contributed by atoms with Crippen LogP contribution in [0.1, 0.15) is 24.5 Å². The van der Waals surface area contributed by atoms with E-state index < -0.39 is 11.7 Å². The molecule has 0 radical (unpaired) electrons. The van der Waals surface area contributed by atoms with Crippen LogP contribution in [0.3, 0.4) is 0 Å². The smallest absolute Gasteiger partial charge is 0.384 e. The van der Waals surface area contributed by atoms with Gasteiger partial charge in [0.2, 0.25) is 0 Å². The minimum atomic E-state index is -4.41. The Morgan fingerprint density at radius 1 is 1.38 bits per heavy atom. The molecule has 0 bridgehead atoms. The zero-order chi connectivity index (χ0) is 12.2. The van der Waals surface area contributed by atoms with Gasteiger partial charge in [-0.1, -0.05) is 6.92 Å². The number of nitrogens with zero attached hydrogens (tertiary/aromatic N) is 1. The summed E-state index contributed by atoms with van der Waals surface area (Å²) >= 11 is 0. The molecule has 0 heterocycles. The van der Waals surface area contributed by atoms with E-state index in [0.29, 0.717) is 12.2 Å². The molecule has 0 fully saturated rings. The first-order chi connectivity index (χ1) is 7.49. The minimum absolute atomic E-state index is 0.0169. The fourth-order valence-electron chi connectivity index (χ4n) is 1.23. The summed E-state index contributed by atoms with van der Waals surface area (Å²) in [5.41, 5.74) is -0.341. The molecule has 0 aliphatic carbocycles. The van der Waals surface area contributed by atoms with Gasteiger partial charge in [0, 0.05) is 6.54 Å². The number of nitrogens with one attached hydrogen (secondary N) is 1. The molecule has 0 spiro atoms. The molecule has 0 saturated heterocycles. The number of halogens is 3. The fourth-order valence-corrected chi connectivity index (χ4v) is 1.23. The number of hydrogen-bond acceptors (Lipinski definition) is 2. The second-order valence-electron chi connectivity index (χ2n) is 3.30. The number of alkyl halides is 3. The van der Waals surface area contributed by atoms with E-state index in [1.54, 1.807) is 6.07 Å². The predicted octanol–water partition coefficient (Wildman–Crippen LogP) is 3.40. The van der Waals surface area contributed by atoms with Crippen LogP contribution in [0.5, 0.6) is 0 Å². The Balaban J connectivity index is 3.04. The molecular formula is C11H11F3N2. The predicted molar refractivity (Wildman–Crippen MR) is 54.9 cm³/mol. The number of hydrogen-bond donors (Lipinski definition) is 1. The van der Waals surface area contributed by atoms with Gasteiger partial charge in [0.15, 0.2) is 0 Å². The van der Waals surface area contributed by atoms with E-state index in [4.69, 9.17) is 5.26 Å². The maximum atomic E-state index is 12.4. The zero-order valence-electron chi connectivity index (χ0n) is 8.73. The van der Waals surface area contributed by atoms with Crippen LogP contribution in [-0.4, -0.2) is 6.54 Å². The van der Waals surface area contributed by atoms with Gasteiger partial charge >= 0.3 is 6.18 Å². The van der Waals surface area contributed by atoms with Gasteiger partial charge in [-0.3, -0.25) is 0 Å². The van der Waals surface area contributed by atoms with E-state index in [9.17, 15) is 13.2 Å². The minimum Gasteiger partial charge on any atom is -0.384 e. The van der Waals surface area contributed by atoms with Crippen molar-refractivity contribution in [3.8, 4) is 6.07 Å². The van der Waals surface area contributed by atoms with E-state index in [1.807, 2.05) is 6.92 Å². The van der Waals surface area contributed by atoms with Gasteiger partial charge < -0.3 is 5.32 Å². The van der Waals surface area contributed by atoms with Gasteiger partial charge in [-0.2, -0.15) is 18.4 Å². The molecule has 0 aromatic heterocycles. The third kappa shape index (κ3) is 2.89. The van der Waals surface area contributed by atoms with Crippen LogP contribution < -0.4 is 5.32 Å². The van der Waals surface area contributed by atoms with Crippen molar-refractivity contribution in [2.75, 3.05) is 11.9 Å². The topological polar surface area (TPSA) is 35.8 Å². The molecule has 5 heteroatoms. The van der Waals surface area contributed by atoms with Crippen molar-refractivity contribution in [3.05, 3.63) is 29.3 Å². The Morgan fingerprint density at radius 2 is 2.06 bits per heavy atom. The summed E-state index contributed by atoms with van der Waals surface area (Å²) in [4.78, 5) is 0. The molecule has 1 rings (SSSR count). The first-order valence-corrected chi connectivity index (χ1v) is 4.84. The summed E-state index contributed by atoms with van der Waals surface area (Å²) in [6, 6.07) is 4.87. The Bertz CT molecular complexity index is 405. The van der Waals surface area contributed by atoms with Gasteiger partial charge in [-0.25, -0.2) is 0 Å². The van der Waals surface area contributed by atoms with Crippen LogP contribution in [0, 0.1) is 11.3 Å². The first-order valence-electron chi connectivity index (χ1n) is 4.84. The molecule has 0 aliphatic heterocycles. The summed E-state index contributed by atoms with van der Waals surface area (Å²) in [7, 11) is 0. The molecule has 1 N–H and O–H groups in total. The first kappa shape index (κ1) is 12.4. The highest BCUT2D eigenvalue weighted by atomic mass is 19.4. The highest BCUT2D eigenvalue weighted by Crippen LogP contribution is 2.31. The van der Waals surface area contributed by atoms with Crippen LogP contribution in [0.15, 0.2) is 18.2 Å². The molecule has 1 aromatic carbocycles. The average molecular weight is 228 g/mol. The average Bonchev–Trinajstić information content (AvgIpc) is 2.24. The van der Waals surface area contributed by atoms with Gasteiger partial charge in [0.05, 0.1) is 16.8 Å². The fraction of sp³-hybridized carbons (Fsp3) is 0.364. The Hall–Kier alpha value is -1.70. The summed E-state index contributed by atoms with van der Waals surface area (Å²) < 4.78 is 37.1. The molecule has 0 aliphatic rings. The van der Waals surface area contributed by atoms with E-state index in [1.165, 1.54) is 6.07 Å². The molecular weight excluding hydrogens is 217 g/mol. The van der Waals surface area contributed by atoms with Gasteiger partial charge in [-0.15, -0.1) is 0 Å². The lowest BCUT2D eigenvalue weighted by Gasteiger charge is -2.10. The van der Waals surface area contributed by atoms with Crippen molar-refractivity contribution in [2.45, 2.75) is 19.5 Å². The van der Waals surface area contributed by atoms with Gasteiger partial charge in [-0.05, 0) is 24.6 Å². The van der Waals surface area contributed by atoms with Crippen molar-refractivity contribution < 1.29 is 13.2 Å². The summed E-state index contributed by atoms with van der Waals surface area (Å²) in [6.45, 7) is 2.56.